The molecule has 2 aromatic heterocycles. The highest BCUT2D eigenvalue weighted by Crippen LogP contribution is 2.32. The van der Waals surface area contributed by atoms with Gasteiger partial charge in [-0.2, -0.15) is 0 Å². The summed E-state index contributed by atoms with van der Waals surface area (Å²) >= 11 is 0. The predicted molar refractivity (Wildman–Crippen MR) is 98.6 cm³/mol. The first-order chi connectivity index (χ1) is 12.0. The highest BCUT2D eigenvalue weighted by molar-refractivity contribution is 6.06. The van der Waals surface area contributed by atoms with E-state index < -0.39 is 0 Å². The summed E-state index contributed by atoms with van der Waals surface area (Å²) in [5.41, 5.74) is 2.45. The SMILES string of the molecule is CC1C=CC=C(C2CCN(C(=O)c3cn(C)c(=O)c4[nH]ccc34)C2)C1. The van der Waals surface area contributed by atoms with Crippen molar-refractivity contribution in [3.8, 4) is 0 Å². The molecule has 130 valence electrons. The third kappa shape index (κ3) is 2.73. The van der Waals surface area contributed by atoms with Crippen LogP contribution in [0.1, 0.15) is 30.1 Å². The number of nitrogens with one attached hydrogen (secondary N) is 1. The zero-order valence-electron chi connectivity index (χ0n) is 14.7. The minimum Gasteiger partial charge on any atom is -0.357 e. The first-order valence-corrected chi connectivity index (χ1v) is 8.88. The summed E-state index contributed by atoms with van der Waals surface area (Å²) in [6, 6.07) is 1.81. The van der Waals surface area contributed by atoms with Gasteiger partial charge in [0.15, 0.2) is 0 Å². The molecule has 2 aliphatic rings. The number of aromatic nitrogens is 2. The molecule has 2 aromatic rings. The zero-order chi connectivity index (χ0) is 17.6. The Kier molecular flexibility index (Phi) is 3.86. The van der Waals surface area contributed by atoms with Crippen molar-refractivity contribution in [2.75, 3.05) is 13.1 Å². The predicted octanol–water partition coefficient (Wildman–Crippen LogP) is 2.85. The van der Waals surface area contributed by atoms with Crippen molar-refractivity contribution in [2.45, 2.75) is 19.8 Å². The average molecular weight is 337 g/mol. The summed E-state index contributed by atoms with van der Waals surface area (Å²) in [4.78, 5) is 30.1. The van der Waals surface area contributed by atoms with Crippen molar-refractivity contribution in [2.24, 2.45) is 18.9 Å². The van der Waals surface area contributed by atoms with E-state index in [1.165, 1.54) is 10.1 Å². The third-order valence-electron chi connectivity index (χ3n) is 5.43. The van der Waals surface area contributed by atoms with Gasteiger partial charge in [-0.25, -0.2) is 0 Å². The normalized spacial score (nSPS) is 23.3. The number of aryl methyl sites for hydroxylation is 1. The van der Waals surface area contributed by atoms with E-state index in [2.05, 4.69) is 30.1 Å². The molecule has 0 aromatic carbocycles. The molecule has 0 bridgehead atoms. The topological polar surface area (TPSA) is 58.1 Å². The molecular weight excluding hydrogens is 314 g/mol. The maximum absolute atomic E-state index is 13.1. The molecule has 1 fully saturated rings. The van der Waals surface area contributed by atoms with Crippen LogP contribution >= 0.6 is 0 Å². The van der Waals surface area contributed by atoms with E-state index in [0.29, 0.717) is 28.3 Å². The van der Waals surface area contributed by atoms with Crippen LogP contribution in [0.4, 0.5) is 0 Å². The van der Waals surface area contributed by atoms with Gasteiger partial charge in [-0.1, -0.05) is 30.7 Å². The van der Waals surface area contributed by atoms with Crippen LogP contribution in [0.2, 0.25) is 0 Å². The van der Waals surface area contributed by atoms with E-state index >= 15 is 0 Å². The fourth-order valence-corrected chi connectivity index (χ4v) is 4.04. The molecule has 25 heavy (non-hydrogen) atoms. The molecule has 5 nitrogen and oxygen atoms in total. The van der Waals surface area contributed by atoms with E-state index in [0.717, 1.165) is 25.9 Å². The van der Waals surface area contributed by atoms with E-state index in [-0.39, 0.29) is 11.5 Å². The highest BCUT2D eigenvalue weighted by atomic mass is 16.2. The Bertz CT molecular complexity index is 947. The Morgan fingerprint density at radius 2 is 2.20 bits per heavy atom. The summed E-state index contributed by atoms with van der Waals surface area (Å²) in [7, 11) is 1.69. The number of carbonyl (C=O) groups excluding carboxylic acids is 1. The van der Waals surface area contributed by atoms with Crippen LogP contribution in [0.5, 0.6) is 0 Å². The standard InChI is InChI=1S/C20H23N3O2/c1-13-4-3-5-14(10-13)15-7-9-23(11-15)19(24)17-12-22(2)20(25)18-16(17)6-8-21-18/h3-6,8,12-13,15,21H,7,9-11H2,1-2H3. The Balaban J connectivity index is 1.60. The fraction of sp³-hybridized carbons (Fsp3) is 0.400. The smallest absolute Gasteiger partial charge is 0.274 e. The first-order valence-electron chi connectivity index (χ1n) is 8.88. The van der Waals surface area contributed by atoms with E-state index in [1.54, 1.807) is 19.4 Å². The minimum atomic E-state index is -0.107. The van der Waals surface area contributed by atoms with Gasteiger partial charge in [0.1, 0.15) is 5.52 Å². The van der Waals surface area contributed by atoms with Gasteiger partial charge in [0, 0.05) is 37.9 Å². The summed E-state index contributed by atoms with van der Waals surface area (Å²) in [6.07, 6.45) is 12.1. The number of rotatable bonds is 2. The van der Waals surface area contributed by atoms with Gasteiger partial charge in [-0.3, -0.25) is 9.59 Å². The number of hydrogen-bond donors (Lipinski definition) is 1. The molecular formula is C20H23N3O2. The maximum atomic E-state index is 13.1. The van der Waals surface area contributed by atoms with E-state index in [4.69, 9.17) is 0 Å². The number of fused-ring (bicyclic) bond motifs is 1. The summed E-state index contributed by atoms with van der Waals surface area (Å²) in [6.45, 7) is 3.77. The van der Waals surface area contributed by atoms with Crippen molar-refractivity contribution >= 4 is 16.8 Å². The quantitative estimate of drug-likeness (QED) is 0.916. The van der Waals surface area contributed by atoms with Crippen LogP contribution in [0.15, 0.2) is 47.1 Å². The van der Waals surface area contributed by atoms with Gasteiger partial charge in [0.25, 0.3) is 11.5 Å². The molecule has 2 atom stereocenters. The molecule has 5 heteroatoms. The molecule has 3 heterocycles. The molecule has 0 radical (unpaired) electrons. The first kappa shape index (κ1) is 15.9. The lowest BCUT2D eigenvalue weighted by Gasteiger charge is -2.21. The molecule has 0 saturated carbocycles. The van der Waals surface area contributed by atoms with Crippen molar-refractivity contribution in [1.82, 2.24) is 14.5 Å². The Labute approximate surface area is 146 Å². The third-order valence-corrected chi connectivity index (χ3v) is 5.43. The summed E-state index contributed by atoms with van der Waals surface area (Å²) < 4.78 is 1.48. The lowest BCUT2D eigenvalue weighted by molar-refractivity contribution is 0.0790. The Morgan fingerprint density at radius 1 is 1.36 bits per heavy atom. The molecule has 0 spiro atoms. The van der Waals surface area contributed by atoms with Gasteiger partial charge in [-0.15, -0.1) is 0 Å². The number of allylic oxidation sites excluding steroid dienone is 3. The lowest BCUT2D eigenvalue weighted by Crippen LogP contribution is -2.30. The monoisotopic (exact) mass is 337 g/mol. The van der Waals surface area contributed by atoms with Crippen molar-refractivity contribution in [1.29, 1.82) is 0 Å². The Hall–Kier alpha value is -2.56. The van der Waals surface area contributed by atoms with Crippen molar-refractivity contribution in [3.63, 3.8) is 0 Å². The van der Waals surface area contributed by atoms with Gasteiger partial charge >= 0.3 is 0 Å². The number of carbonyl (C=O) groups is 1. The van der Waals surface area contributed by atoms with Gasteiger partial charge in [0.2, 0.25) is 0 Å². The molecule has 1 aliphatic carbocycles. The molecule has 1 N–H and O–H groups in total. The fourth-order valence-electron chi connectivity index (χ4n) is 4.04. The van der Waals surface area contributed by atoms with Crippen LogP contribution in [0, 0.1) is 11.8 Å². The van der Waals surface area contributed by atoms with Crippen LogP contribution in [0.25, 0.3) is 10.9 Å². The number of pyridine rings is 1. The van der Waals surface area contributed by atoms with Crippen LogP contribution in [-0.4, -0.2) is 33.4 Å². The summed E-state index contributed by atoms with van der Waals surface area (Å²) in [5, 5.41) is 0.713. The average Bonchev–Trinajstić information content (AvgIpc) is 3.27. The minimum absolute atomic E-state index is 0.0164. The number of hydrogen-bond acceptors (Lipinski definition) is 2. The number of aromatic amines is 1. The van der Waals surface area contributed by atoms with Crippen LogP contribution < -0.4 is 5.56 Å². The lowest BCUT2D eigenvalue weighted by atomic mass is 9.87. The van der Waals surface area contributed by atoms with Crippen molar-refractivity contribution in [3.05, 3.63) is 58.2 Å². The largest absolute Gasteiger partial charge is 0.357 e. The van der Waals surface area contributed by atoms with Gasteiger partial charge in [-0.05, 0) is 30.7 Å². The molecule has 4 rings (SSSR count). The van der Waals surface area contributed by atoms with Gasteiger partial charge in [0.05, 0.1) is 5.56 Å². The molecule has 1 aliphatic heterocycles. The maximum Gasteiger partial charge on any atom is 0.274 e. The van der Waals surface area contributed by atoms with Crippen LogP contribution in [-0.2, 0) is 7.05 Å². The van der Waals surface area contributed by atoms with E-state index in [9.17, 15) is 9.59 Å². The molecule has 1 saturated heterocycles. The van der Waals surface area contributed by atoms with E-state index in [1.807, 2.05) is 11.0 Å². The molecule has 2 unspecified atom stereocenters. The van der Waals surface area contributed by atoms with Crippen molar-refractivity contribution < 1.29 is 4.79 Å². The number of H-pyrrole nitrogens is 1. The molecule has 1 amide bonds. The zero-order valence-corrected chi connectivity index (χ0v) is 14.7. The van der Waals surface area contributed by atoms with Gasteiger partial charge < -0.3 is 14.5 Å². The Morgan fingerprint density at radius 3 is 3.00 bits per heavy atom. The summed E-state index contributed by atoms with van der Waals surface area (Å²) in [5.74, 6) is 1.04. The highest BCUT2D eigenvalue weighted by Gasteiger charge is 2.31. The second-order valence-corrected chi connectivity index (χ2v) is 7.27. The second-order valence-electron chi connectivity index (χ2n) is 7.27. The van der Waals surface area contributed by atoms with Crippen LogP contribution in [0.3, 0.4) is 0 Å². The number of nitrogens with zero attached hydrogens (tertiary/aromatic N) is 2. The second kappa shape index (κ2) is 6.06. The number of likely N-dealkylation sites (tertiary alicyclic amines) is 1. The number of amides is 1.